The number of hydrogen-bond donors (Lipinski definition) is 0. The van der Waals surface area contributed by atoms with Crippen molar-refractivity contribution in [1.82, 2.24) is 0 Å². The minimum absolute atomic E-state index is 1.26. The lowest BCUT2D eigenvalue weighted by Crippen LogP contribution is -1.69. The van der Waals surface area contributed by atoms with Crippen LogP contribution in [0, 0.1) is 0 Å². The van der Waals surface area contributed by atoms with Crippen molar-refractivity contribution >= 4 is 18.2 Å². The van der Waals surface area contributed by atoms with E-state index in [0.29, 0.717) is 0 Å². The van der Waals surface area contributed by atoms with Gasteiger partial charge in [0.05, 0.1) is 0 Å². The van der Waals surface area contributed by atoms with Crippen LogP contribution < -0.4 is 0 Å². The second kappa shape index (κ2) is 4.41. The van der Waals surface area contributed by atoms with Crippen LogP contribution in [0.15, 0.2) is 0 Å². The largest absolute Gasteiger partial charge is 0.215 e. The first kappa shape index (κ1) is 5.41. The zero-order chi connectivity index (χ0) is 4.12. The summed E-state index contributed by atoms with van der Waals surface area (Å²) in [5.41, 5.74) is 0. The van der Waals surface area contributed by atoms with E-state index >= 15 is 0 Å². The fourth-order valence-electron chi connectivity index (χ4n) is 0.204. The Balaban J connectivity index is 2.19. The van der Waals surface area contributed by atoms with Crippen molar-refractivity contribution in [2.24, 2.45) is 0 Å². The zero-order valence-electron chi connectivity index (χ0n) is 3.82. The van der Waals surface area contributed by atoms with Crippen LogP contribution in [-0.4, -0.2) is 12.3 Å². The molecule has 0 heterocycles. The molecule has 0 aliphatic heterocycles. The quantitative estimate of drug-likeness (QED) is 0.456. The van der Waals surface area contributed by atoms with Crippen LogP contribution in [0.3, 0.4) is 0 Å². The molecule has 0 saturated heterocycles. The van der Waals surface area contributed by atoms with Gasteiger partial charge in [0.25, 0.3) is 0 Å². The predicted molar refractivity (Wildman–Crippen MR) is 31.1 cm³/mol. The Labute approximate surface area is 38.5 Å². The van der Waals surface area contributed by atoms with Gasteiger partial charge in [0.2, 0.25) is 0 Å². The average molecular weight is 88.0 g/mol. The molecule has 0 radical (unpaired) electrons. The van der Waals surface area contributed by atoms with Crippen molar-refractivity contribution in [3.8, 4) is 0 Å². The lowest BCUT2D eigenvalue weighted by atomic mass is 10.2. The van der Waals surface area contributed by atoms with E-state index in [1.54, 1.807) is 0 Å². The van der Waals surface area contributed by atoms with Crippen LogP contribution in [0.25, 0.3) is 0 Å². The van der Waals surface area contributed by atoms with Gasteiger partial charge >= 0.3 is 0 Å². The highest BCUT2D eigenvalue weighted by atomic mass is 32.2. The Kier molecular flexibility index (Phi) is 4.78. The molecule has 0 bridgehead atoms. The third-order valence-corrected chi connectivity index (χ3v) is 1.22. The molecule has 0 fully saturated rings. The first-order chi connectivity index (χ1) is 2.41. The lowest BCUT2D eigenvalue weighted by Gasteiger charge is -1.78. The maximum absolute atomic E-state index is 2.17. The van der Waals surface area contributed by atoms with Gasteiger partial charge in [-0.1, -0.05) is 13.7 Å². The van der Waals surface area contributed by atoms with E-state index in [9.17, 15) is 0 Å². The van der Waals surface area contributed by atoms with Crippen molar-refractivity contribution in [2.45, 2.75) is 13.7 Å². The second-order valence-electron chi connectivity index (χ2n) is 0.781. The van der Waals surface area contributed by atoms with E-state index in [1.165, 1.54) is 12.3 Å². The molecule has 0 atom stereocenters. The Morgan fingerprint density at radius 1 is 1.80 bits per heavy atom. The molecular formula is C3H9BS. The molecule has 0 aromatic heterocycles. The van der Waals surface area contributed by atoms with Crippen LogP contribution in [0.4, 0.5) is 0 Å². The van der Waals surface area contributed by atoms with Crippen molar-refractivity contribution in [3.05, 3.63) is 0 Å². The first-order valence-corrected chi connectivity index (χ1v) is 3.15. The van der Waals surface area contributed by atoms with Crippen LogP contribution in [-0.2, 0) is 0 Å². The normalized spacial score (nSPS) is 7.60. The molecule has 0 rings (SSSR count). The summed E-state index contributed by atoms with van der Waals surface area (Å²) in [6, 6.07) is 0. The summed E-state index contributed by atoms with van der Waals surface area (Å²) in [5.74, 6) is 1.26. The fraction of sp³-hybridized carbons (Fsp3) is 1.00. The van der Waals surface area contributed by atoms with E-state index in [-0.39, 0.29) is 0 Å². The van der Waals surface area contributed by atoms with Gasteiger partial charge in [0.15, 0.2) is 6.56 Å². The molecule has 0 aliphatic carbocycles. The highest BCUT2D eigenvalue weighted by Gasteiger charge is 1.70. The van der Waals surface area contributed by atoms with Crippen molar-refractivity contribution in [3.63, 3.8) is 0 Å². The third kappa shape index (κ3) is 4.41. The smallest absolute Gasteiger partial charge is 0.188 e. The molecule has 2 heteroatoms. The Hall–Kier alpha value is 0.415. The second-order valence-corrected chi connectivity index (χ2v) is 2.34. The summed E-state index contributed by atoms with van der Waals surface area (Å²) in [7, 11) is 0. The molecule has 0 amide bonds. The van der Waals surface area contributed by atoms with Crippen molar-refractivity contribution in [2.75, 3.05) is 5.75 Å². The third-order valence-electron chi connectivity index (χ3n) is 0.408. The van der Waals surface area contributed by atoms with E-state index in [4.69, 9.17) is 0 Å². The molecule has 5 heavy (non-hydrogen) atoms. The minimum Gasteiger partial charge on any atom is -0.215 e. The lowest BCUT2D eigenvalue weighted by molar-refractivity contribution is 1.54. The summed E-state index contributed by atoms with van der Waals surface area (Å²) < 4.78 is 0. The van der Waals surface area contributed by atoms with Crippen LogP contribution >= 0.6 is 11.6 Å². The molecule has 0 aliphatic rings. The molecule has 0 unspecified atom stereocenters. The molecule has 0 aromatic carbocycles. The van der Waals surface area contributed by atoms with Crippen LogP contribution in [0.2, 0.25) is 6.82 Å². The summed E-state index contributed by atoms with van der Waals surface area (Å²) in [4.78, 5) is 0. The summed E-state index contributed by atoms with van der Waals surface area (Å²) in [6.07, 6.45) is 0. The predicted octanol–water partition coefficient (Wildman–Crippen LogP) is 1.14. The van der Waals surface area contributed by atoms with Crippen molar-refractivity contribution in [1.29, 1.82) is 0 Å². The standard InChI is InChI=1S/C3H9BS/c1-3-5-4-2/h4H,3H2,1-2H3. The first-order valence-electron chi connectivity index (χ1n) is 1.99. The monoisotopic (exact) mass is 88.1 g/mol. The van der Waals surface area contributed by atoms with Crippen molar-refractivity contribution < 1.29 is 0 Å². The molecule has 0 aromatic rings. The van der Waals surface area contributed by atoms with E-state index < -0.39 is 0 Å². The van der Waals surface area contributed by atoms with Gasteiger partial charge in [-0.25, -0.2) is 11.6 Å². The average Bonchev–Trinajstić information content (AvgIpc) is 1.41. The molecular weight excluding hydrogens is 78.9 g/mol. The fourth-order valence-corrected chi connectivity index (χ4v) is 0.612. The van der Waals surface area contributed by atoms with Crippen LogP contribution in [0.1, 0.15) is 6.92 Å². The zero-order valence-corrected chi connectivity index (χ0v) is 4.64. The van der Waals surface area contributed by atoms with Gasteiger partial charge in [0, 0.05) is 0 Å². The maximum atomic E-state index is 2.17. The molecule has 0 spiro atoms. The SMILES string of the molecule is CBSCC. The van der Waals surface area contributed by atoms with E-state index in [2.05, 4.69) is 13.7 Å². The summed E-state index contributed by atoms with van der Waals surface area (Å²) in [5, 5.41) is 0. The van der Waals surface area contributed by atoms with E-state index in [0.717, 1.165) is 0 Å². The topological polar surface area (TPSA) is 0 Å². The molecule has 0 nitrogen and oxygen atoms in total. The summed E-state index contributed by atoms with van der Waals surface area (Å²) in [6.45, 7) is 5.61. The summed E-state index contributed by atoms with van der Waals surface area (Å²) >= 11 is 1.96. The van der Waals surface area contributed by atoms with Crippen LogP contribution in [0.5, 0.6) is 0 Å². The number of rotatable bonds is 2. The Bertz CT molecular complexity index is 14.4. The van der Waals surface area contributed by atoms with E-state index in [1.807, 2.05) is 11.6 Å². The van der Waals surface area contributed by atoms with Gasteiger partial charge in [-0.15, -0.1) is 0 Å². The van der Waals surface area contributed by atoms with Gasteiger partial charge in [-0.05, 0) is 5.75 Å². The van der Waals surface area contributed by atoms with Gasteiger partial charge in [0.1, 0.15) is 0 Å². The number of hydrogen-bond acceptors (Lipinski definition) is 1. The Morgan fingerprint density at radius 2 is 2.40 bits per heavy atom. The van der Waals surface area contributed by atoms with Gasteiger partial charge in [-0.3, -0.25) is 0 Å². The highest BCUT2D eigenvalue weighted by molar-refractivity contribution is 8.22. The molecule has 0 saturated carbocycles. The Morgan fingerprint density at radius 3 is 2.40 bits per heavy atom. The van der Waals surface area contributed by atoms with Gasteiger partial charge < -0.3 is 0 Å². The highest BCUT2D eigenvalue weighted by Crippen LogP contribution is 1.90. The maximum Gasteiger partial charge on any atom is 0.188 e. The minimum atomic E-state index is 1.26. The van der Waals surface area contributed by atoms with Gasteiger partial charge in [-0.2, -0.15) is 0 Å². The molecule has 0 N–H and O–H groups in total. The molecule has 30 valence electrons.